The van der Waals surface area contributed by atoms with Gasteiger partial charge in [0, 0.05) is 0 Å². The van der Waals surface area contributed by atoms with Crippen LogP contribution < -0.4 is 5.32 Å². The summed E-state index contributed by atoms with van der Waals surface area (Å²) >= 11 is 0. The van der Waals surface area contributed by atoms with E-state index in [0.29, 0.717) is 6.04 Å². The molecule has 2 rings (SSSR count). The van der Waals surface area contributed by atoms with Gasteiger partial charge in [-0.15, -0.1) is 0 Å². The van der Waals surface area contributed by atoms with E-state index in [2.05, 4.69) is 69.5 Å². The van der Waals surface area contributed by atoms with Gasteiger partial charge in [-0.05, 0) is 55.5 Å². The van der Waals surface area contributed by atoms with Crippen LogP contribution in [-0.4, -0.2) is 6.04 Å². The van der Waals surface area contributed by atoms with Gasteiger partial charge in [-0.3, -0.25) is 0 Å². The average molecular weight is 271 g/mol. The molecule has 1 unspecified atom stereocenters. The molecule has 20 heavy (non-hydrogen) atoms. The fourth-order valence-corrected chi connectivity index (χ4v) is 2.27. The second-order valence-corrected chi connectivity index (χ2v) is 5.62. The van der Waals surface area contributed by atoms with Crippen molar-refractivity contribution in [1.29, 1.82) is 0 Å². The molecule has 0 saturated carbocycles. The third-order valence-electron chi connectivity index (χ3n) is 3.37. The van der Waals surface area contributed by atoms with Crippen molar-refractivity contribution in [2.75, 3.05) is 0 Å². The van der Waals surface area contributed by atoms with E-state index in [9.17, 15) is 0 Å². The van der Waals surface area contributed by atoms with Crippen LogP contribution in [0, 0.1) is 5.92 Å². The zero-order valence-electron chi connectivity index (χ0n) is 13.4. The lowest BCUT2D eigenvalue weighted by atomic mass is 9.92. The van der Waals surface area contributed by atoms with Crippen molar-refractivity contribution in [3.05, 3.63) is 59.9 Å². The smallest absolute Gasteiger partial charge is 0.0661 e. The number of allylic oxidation sites excluding steroid dienone is 7. The Morgan fingerprint density at radius 2 is 2.15 bits per heavy atom. The summed E-state index contributed by atoms with van der Waals surface area (Å²) in [6, 6.07) is 0.426. The maximum Gasteiger partial charge on any atom is 0.0661 e. The predicted molar refractivity (Wildman–Crippen MR) is 90.5 cm³/mol. The molecule has 1 heteroatoms. The molecule has 0 saturated heterocycles. The zero-order chi connectivity index (χ0) is 14.8. The number of rotatable bonds is 3. The van der Waals surface area contributed by atoms with Crippen molar-refractivity contribution in [3.63, 3.8) is 0 Å². The molecular weight excluding hydrogens is 242 g/mol. The van der Waals surface area contributed by atoms with Crippen molar-refractivity contribution in [3.8, 4) is 0 Å². The molecular formula is C19H29N. The fourth-order valence-electron chi connectivity index (χ4n) is 2.27. The first kappa shape index (κ1) is 16.6. The van der Waals surface area contributed by atoms with Crippen molar-refractivity contribution in [2.45, 2.75) is 53.0 Å². The van der Waals surface area contributed by atoms with Crippen LogP contribution in [0.4, 0.5) is 0 Å². The minimum Gasteiger partial charge on any atom is -0.381 e. The van der Waals surface area contributed by atoms with Crippen LogP contribution in [0.1, 0.15) is 47.0 Å². The first-order valence-corrected chi connectivity index (χ1v) is 7.77. The minimum atomic E-state index is 0.426. The fraction of sp³-hybridized carbons (Fsp3) is 0.474. The van der Waals surface area contributed by atoms with Crippen LogP contribution in [0.5, 0.6) is 0 Å². The molecule has 0 spiro atoms. The van der Waals surface area contributed by atoms with Gasteiger partial charge < -0.3 is 5.32 Å². The van der Waals surface area contributed by atoms with Gasteiger partial charge in [-0.1, -0.05) is 57.2 Å². The molecule has 0 aromatic rings. The Labute approximate surface area is 124 Å². The van der Waals surface area contributed by atoms with E-state index in [1.165, 1.54) is 24.0 Å². The van der Waals surface area contributed by atoms with Crippen molar-refractivity contribution >= 4 is 0 Å². The molecule has 1 N–H and O–H groups in total. The minimum absolute atomic E-state index is 0.426. The number of hydrogen-bond acceptors (Lipinski definition) is 1. The molecule has 1 aliphatic carbocycles. The average Bonchev–Trinajstić information content (AvgIpc) is 2.47. The van der Waals surface area contributed by atoms with E-state index >= 15 is 0 Å². The van der Waals surface area contributed by atoms with Gasteiger partial charge in [-0.25, -0.2) is 0 Å². The Morgan fingerprint density at radius 1 is 1.35 bits per heavy atom. The van der Waals surface area contributed by atoms with Crippen molar-refractivity contribution < 1.29 is 0 Å². The van der Waals surface area contributed by atoms with E-state index in [-0.39, 0.29) is 0 Å². The predicted octanol–water partition coefficient (Wildman–Crippen LogP) is 5.30. The topological polar surface area (TPSA) is 12.0 Å². The lowest BCUT2D eigenvalue weighted by Crippen LogP contribution is -2.27. The molecule has 1 aliphatic heterocycles. The van der Waals surface area contributed by atoms with Crippen molar-refractivity contribution in [2.24, 2.45) is 5.92 Å². The molecule has 0 aromatic carbocycles. The van der Waals surface area contributed by atoms with Crippen LogP contribution in [0.15, 0.2) is 59.9 Å². The van der Waals surface area contributed by atoms with Gasteiger partial charge in [0.25, 0.3) is 0 Å². The Balaban J connectivity index is 0.000000246. The highest BCUT2D eigenvalue weighted by molar-refractivity contribution is 5.35. The molecule has 0 fully saturated rings. The second-order valence-electron chi connectivity index (χ2n) is 5.62. The van der Waals surface area contributed by atoms with Gasteiger partial charge >= 0.3 is 0 Å². The maximum atomic E-state index is 3.36. The largest absolute Gasteiger partial charge is 0.381 e. The zero-order valence-corrected chi connectivity index (χ0v) is 13.4. The summed E-state index contributed by atoms with van der Waals surface area (Å²) in [6.45, 7) is 8.72. The van der Waals surface area contributed by atoms with E-state index in [0.717, 1.165) is 12.3 Å². The van der Waals surface area contributed by atoms with Gasteiger partial charge in [0.15, 0.2) is 0 Å². The van der Waals surface area contributed by atoms with E-state index < -0.39 is 0 Å². The van der Waals surface area contributed by atoms with Gasteiger partial charge in [-0.2, -0.15) is 0 Å². The van der Waals surface area contributed by atoms with Crippen LogP contribution in [0.25, 0.3) is 0 Å². The van der Waals surface area contributed by atoms with E-state index in [4.69, 9.17) is 0 Å². The Bertz CT molecular complexity index is 419. The van der Waals surface area contributed by atoms with Gasteiger partial charge in [0.05, 0.1) is 6.04 Å². The molecule has 110 valence electrons. The first-order chi connectivity index (χ1) is 9.65. The Morgan fingerprint density at radius 3 is 2.65 bits per heavy atom. The molecule has 0 radical (unpaired) electrons. The summed E-state index contributed by atoms with van der Waals surface area (Å²) in [4.78, 5) is 0. The van der Waals surface area contributed by atoms with E-state index in [1.54, 1.807) is 0 Å². The lowest BCUT2D eigenvalue weighted by Gasteiger charge is -2.23. The van der Waals surface area contributed by atoms with Crippen LogP contribution in [0.2, 0.25) is 0 Å². The number of dihydropyridines is 1. The quantitative estimate of drug-likeness (QED) is 0.686. The molecule has 1 atom stereocenters. The highest BCUT2D eigenvalue weighted by Crippen LogP contribution is 2.23. The lowest BCUT2D eigenvalue weighted by molar-refractivity contribution is 0.725. The molecule has 0 bridgehead atoms. The van der Waals surface area contributed by atoms with Gasteiger partial charge in [0.2, 0.25) is 0 Å². The first-order valence-electron chi connectivity index (χ1n) is 7.77. The van der Waals surface area contributed by atoms with E-state index in [1.807, 2.05) is 12.3 Å². The maximum absolute atomic E-state index is 3.36. The molecule has 1 nitrogen and oxygen atoms in total. The highest BCUT2D eigenvalue weighted by atomic mass is 14.9. The standard InChI is InChI=1S/C12H15N.C7H14/c1-10-6-2-3-7-11(10)12-8-4-5-9-13-12;1-4-5-6-7(2)3/h2,4-6,8-9,12-13H,3,7H2,1H3;5-7H,4H2,1-3H3. The summed E-state index contributed by atoms with van der Waals surface area (Å²) in [5.74, 6) is 0.722. The third-order valence-corrected chi connectivity index (χ3v) is 3.37. The summed E-state index contributed by atoms with van der Waals surface area (Å²) in [5.41, 5.74) is 2.95. The Kier molecular flexibility index (Phi) is 7.79. The number of hydrogen-bond donors (Lipinski definition) is 1. The normalized spacial score (nSPS) is 21.1. The summed E-state index contributed by atoms with van der Waals surface area (Å²) in [7, 11) is 0. The molecule has 2 aliphatic rings. The third kappa shape index (κ3) is 6.10. The summed E-state index contributed by atoms with van der Waals surface area (Å²) in [6.07, 6.45) is 20.8. The van der Waals surface area contributed by atoms with Crippen LogP contribution in [-0.2, 0) is 0 Å². The number of nitrogens with one attached hydrogen (secondary N) is 1. The van der Waals surface area contributed by atoms with Crippen molar-refractivity contribution in [1.82, 2.24) is 5.32 Å². The highest BCUT2D eigenvalue weighted by Gasteiger charge is 2.13. The molecule has 1 heterocycles. The SMILES string of the molecule is CC1=C(C2C=CC=CN2)CCC=C1.CCC=CC(C)C. The Hall–Kier alpha value is -1.50. The summed E-state index contributed by atoms with van der Waals surface area (Å²) in [5, 5.41) is 3.36. The second kappa shape index (κ2) is 9.41. The van der Waals surface area contributed by atoms with Crippen LogP contribution >= 0.6 is 0 Å². The summed E-state index contributed by atoms with van der Waals surface area (Å²) < 4.78 is 0. The monoisotopic (exact) mass is 271 g/mol. The van der Waals surface area contributed by atoms with Gasteiger partial charge in [0.1, 0.15) is 0 Å². The molecule has 0 amide bonds. The molecule has 0 aromatic heterocycles. The van der Waals surface area contributed by atoms with Crippen LogP contribution in [0.3, 0.4) is 0 Å².